The number of carbonyl (C=O) groups is 1. The van der Waals surface area contributed by atoms with Crippen LogP contribution in [0.1, 0.15) is 20.3 Å². The predicted molar refractivity (Wildman–Crippen MR) is 72.1 cm³/mol. The summed E-state index contributed by atoms with van der Waals surface area (Å²) < 4.78 is 5.70. The van der Waals surface area contributed by atoms with Crippen molar-refractivity contribution in [1.29, 1.82) is 0 Å². The molecule has 0 fully saturated rings. The maximum Gasteiger partial charge on any atom is 0.328 e. The second kappa shape index (κ2) is 7.37. The third-order valence-electron chi connectivity index (χ3n) is 2.43. The molecule has 0 saturated heterocycles. The van der Waals surface area contributed by atoms with E-state index in [0.717, 1.165) is 23.9 Å². The minimum Gasteiger partial charge on any atom is -0.491 e. The minimum absolute atomic E-state index is 0.187. The van der Waals surface area contributed by atoms with Crippen LogP contribution in [-0.2, 0) is 4.79 Å². The maximum absolute atomic E-state index is 10.3. The van der Waals surface area contributed by atoms with Crippen molar-refractivity contribution in [3.8, 4) is 5.75 Å². The molecule has 0 heterocycles. The molecule has 1 aromatic rings. The van der Waals surface area contributed by atoms with E-state index >= 15 is 0 Å². The zero-order chi connectivity index (χ0) is 13.4. The largest absolute Gasteiger partial charge is 0.491 e. The molecule has 2 N–H and O–H groups in total. The molecule has 4 heteroatoms. The average molecular weight is 249 g/mol. The number of carboxylic acid groups (broad SMARTS) is 1. The third kappa shape index (κ3) is 5.39. The van der Waals surface area contributed by atoms with Gasteiger partial charge in [-0.05, 0) is 25.5 Å². The number of aliphatic carboxylic acids is 1. The molecule has 0 aliphatic heterocycles. The molecule has 1 unspecified atom stereocenters. The second-order valence-corrected chi connectivity index (χ2v) is 3.99. The van der Waals surface area contributed by atoms with Crippen LogP contribution < -0.4 is 10.1 Å². The standard InChI is InChI=1S/C14H19NO3/c1-3-11(2)18-13-7-4-6-12(10-13)15-9-5-8-14(16)17/h4-8,10-11,15H,3,9H2,1-2H3,(H,16,17)/b8-5+. The van der Waals surface area contributed by atoms with Crippen LogP contribution >= 0.6 is 0 Å². The van der Waals surface area contributed by atoms with E-state index in [1.165, 1.54) is 0 Å². The van der Waals surface area contributed by atoms with E-state index in [4.69, 9.17) is 9.84 Å². The molecule has 0 aliphatic rings. The number of ether oxygens (including phenoxy) is 1. The molecule has 0 radical (unpaired) electrons. The van der Waals surface area contributed by atoms with Crippen LogP contribution in [0, 0.1) is 0 Å². The number of benzene rings is 1. The quantitative estimate of drug-likeness (QED) is 0.729. The number of rotatable bonds is 7. The van der Waals surface area contributed by atoms with Gasteiger partial charge in [0, 0.05) is 24.4 Å². The summed E-state index contributed by atoms with van der Waals surface area (Å²) in [7, 11) is 0. The fraction of sp³-hybridized carbons (Fsp3) is 0.357. The summed E-state index contributed by atoms with van der Waals surface area (Å²) in [5, 5.41) is 11.5. The number of hydrogen-bond donors (Lipinski definition) is 2. The molecular weight excluding hydrogens is 230 g/mol. The van der Waals surface area contributed by atoms with E-state index in [1.807, 2.05) is 31.2 Å². The summed E-state index contributed by atoms with van der Waals surface area (Å²) in [6.45, 7) is 4.57. The van der Waals surface area contributed by atoms with E-state index in [0.29, 0.717) is 6.54 Å². The van der Waals surface area contributed by atoms with Crippen LogP contribution in [-0.4, -0.2) is 23.7 Å². The van der Waals surface area contributed by atoms with Crippen LogP contribution in [0.25, 0.3) is 0 Å². The van der Waals surface area contributed by atoms with Crippen molar-refractivity contribution in [2.75, 3.05) is 11.9 Å². The summed E-state index contributed by atoms with van der Waals surface area (Å²) in [5.41, 5.74) is 0.908. The lowest BCUT2D eigenvalue weighted by molar-refractivity contribution is -0.131. The normalized spacial score (nSPS) is 12.3. The Hall–Kier alpha value is -1.97. The van der Waals surface area contributed by atoms with Crippen LogP contribution in [0.4, 0.5) is 5.69 Å². The third-order valence-corrected chi connectivity index (χ3v) is 2.43. The van der Waals surface area contributed by atoms with Crippen molar-refractivity contribution in [3.63, 3.8) is 0 Å². The lowest BCUT2D eigenvalue weighted by Gasteiger charge is -2.13. The molecular formula is C14H19NO3. The van der Waals surface area contributed by atoms with Crippen molar-refractivity contribution < 1.29 is 14.6 Å². The number of carboxylic acids is 1. The van der Waals surface area contributed by atoms with Crippen LogP contribution in [0.15, 0.2) is 36.4 Å². The molecule has 1 aromatic carbocycles. The van der Waals surface area contributed by atoms with Gasteiger partial charge < -0.3 is 15.2 Å². The van der Waals surface area contributed by atoms with Gasteiger partial charge in [0.15, 0.2) is 0 Å². The van der Waals surface area contributed by atoms with Gasteiger partial charge in [0.1, 0.15) is 5.75 Å². The van der Waals surface area contributed by atoms with Gasteiger partial charge in [-0.2, -0.15) is 0 Å². The van der Waals surface area contributed by atoms with Gasteiger partial charge in [-0.25, -0.2) is 4.79 Å². The topological polar surface area (TPSA) is 58.6 Å². The zero-order valence-electron chi connectivity index (χ0n) is 10.7. The first kappa shape index (κ1) is 14.1. The van der Waals surface area contributed by atoms with E-state index < -0.39 is 5.97 Å². The first-order chi connectivity index (χ1) is 8.61. The van der Waals surface area contributed by atoms with Gasteiger partial charge in [-0.3, -0.25) is 0 Å². The summed E-state index contributed by atoms with van der Waals surface area (Å²) in [6, 6.07) is 7.63. The monoisotopic (exact) mass is 249 g/mol. The highest BCUT2D eigenvalue weighted by atomic mass is 16.5. The van der Waals surface area contributed by atoms with Gasteiger partial charge in [-0.1, -0.05) is 19.1 Å². The molecule has 4 nitrogen and oxygen atoms in total. The van der Waals surface area contributed by atoms with Crippen molar-refractivity contribution in [3.05, 3.63) is 36.4 Å². The molecule has 0 saturated carbocycles. The molecule has 0 spiro atoms. The fourth-order valence-electron chi connectivity index (χ4n) is 1.33. The molecule has 0 aliphatic carbocycles. The van der Waals surface area contributed by atoms with Crippen LogP contribution in [0.3, 0.4) is 0 Å². The van der Waals surface area contributed by atoms with E-state index in [9.17, 15) is 4.79 Å². The highest BCUT2D eigenvalue weighted by Gasteiger charge is 2.01. The average Bonchev–Trinajstić information content (AvgIpc) is 2.35. The summed E-state index contributed by atoms with van der Waals surface area (Å²) in [6.07, 6.45) is 3.82. The van der Waals surface area contributed by atoms with Gasteiger partial charge in [0.2, 0.25) is 0 Å². The van der Waals surface area contributed by atoms with E-state index in [2.05, 4.69) is 12.2 Å². The SMILES string of the molecule is CCC(C)Oc1cccc(NC/C=C/C(=O)O)c1. The zero-order valence-corrected chi connectivity index (χ0v) is 10.7. The van der Waals surface area contributed by atoms with Gasteiger partial charge >= 0.3 is 5.97 Å². The van der Waals surface area contributed by atoms with Crippen molar-refractivity contribution >= 4 is 11.7 Å². The first-order valence-electron chi connectivity index (χ1n) is 6.02. The van der Waals surface area contributed by atoms with Gasteiger partial charge in [-0.15, -0.1) is 0 Å². The molecule has 98 valence electrons. The molecule has 1 atom stereocenters. The Balaban J connectivity index is 2.51. The van der Waals surface area contributed by atoms with Crippen molar-refractivity contribution in [2.45, 2.75) is 26.4 Å². The number of nitrogens with one attached hydrogen (secondary N) is 1. The Morgan fingerprint density at radius 3 is 3.00 bits per heavy atom. The van der Waals surface area contributed by atoms with Crippen molar-refractivity contribution in [1.82, 2.24) is 0 Å². The number of anilines is 1. The summed E-state index contributed by atoms with van der Waals surface area (Å²) in [5.74, 6) is -0.123. The second-order valence-electron chi connectivity index (χ2n) is 3.99. The van der Waals surface area contributed by atoms with E-state index in [-0.39, 0.29) is 6.10 Å². The van der Waals surface area contributed by atoms with Gasteiger partial charge in [0.05, 0.1) is 6.10 Å². The fourth-order valence-corrected chi connectivity index (χ4v) is 1.33. The Morgan fingerprint density at radius 1 is 1.56 bits per heavy atom. The molecule has 0 aromatic heterocycles. The molecule has 0 amide bonds. The Bertz CT molecular complexity index is 415. The van der Waals surface area contributed by atoms with Crippen LogP contribution in [0.2, 0.25) is 0 Å². The maximum atomic E-state index is 10.3. The molecule has 18 heavy (non-hydrogen) atoms. The Kier molecular flexibility index (Phi) is 5.77. The molecule has 0 bridgehead atoms. The Morgan fingerprint density at radius 2 is 2.33 bits per heavy atom. The van der Waals surface area contributed by atoms with Gasteiger partial charge in [0.25, 0.3) is 0 Å². The molecule has 1 rings (SSSR count). The highest BCUT2D eigenvalue weighted by molar-refractivity contribution is 5.79. The smallest absolute Gasteiger partial charge is 0.328 e. The summed E-state index contributed by atoms with van der Waals surface area (Å²) in [4.78, 5) is 10.3. The number of hydrogen-bond acceptors (Lipinski definition) is 3. The Labute approximate surface area is 107 Å². The lowest BCUT2D eigenvalue weighted by Crippen LogP contribution is -2.09. The lowest BCUT2D eigenvalue weighted by atomic mass is 10.2. The first-order valence-corrected chi connectivity index (χ1v) is 6.02. The van der Waals surface area contributed by atoms with Crippen LogP contribution in [0.5, 0.6) is 5.75 Å². The predicted octanol–water partition coefficient (Wildman–Crippen LogP) is 2.92. The highest BCUT2D eigenvalue weighted by Crippen LogP contribution is 2.18. The summed E-state index contributed by atoms with van der Waals surface area (Å²) >= 11 is 0. The van der Waals surface area contributed by atoms with E-state index in [1.54, 1.807) is 6.08 Å². The minimum atomic E-state index is -0.939. The van der Waals surface area contributed by atoms with Crippen molar-refractivity contribution in [2.24, 2.45) is 0 Å².